The second kappa shape index (κ2) is 11.2. The molecule has 1 heterocycles. The van der Waals surface area contributed by atoms with Crippen LogP contribution in [0.3, 0.4) is 0 Å². The molecule has 0 aliphatic heterocycles. The highest BCUT2D eigenvalue weighted by molar-refractivity contribution is 5.97. The highest BCUT2D eigenvalue weighted by Crippen LogP contribution is 2.35. The van der Waals surface area contributed by atoms with E-state index in [2.05, 4.69) is 17.4 Å². The SMILES string of the molecule is CC(CCc1nc2cc(C(=O)NC3Cc4ccccc4C3)ccc2nc1C1C=CC(C(F)(F)F)=CC1)CC(=O)O. The molecule has 0 spiro atoms. The number of aromatic nitrogens is 2. The Morgan fingerprint density at radius 2 is 1.80 bits per heavy atom. The van der Waals surface area contributed by atoms with Crippen molar-refractivity contribution in [2.75, 3.05) is 0 Å². The maximum atomic E-state index is 13.1. The van der Waals surface area contributed by atoms with E-state index in [0.29, 0.717) is 40.8 Å². The first kappa shape index (κ1) is 27.6. The molecule has 0 saturated heterocycles. The van der Waals surface area contributed by atoms with E-state index in [1.54, 1.807) is 18.2 Å². The molecule has 1 aromatic heterocycles. The number of hydrogen-bond acceptors (Lipinski definition) is 4. The quantitative estimate of drug-likeness (QED) is 0.354. The summed E-state index contributed by atoms with van der Waals surface area (Å²) in [5.41, 5.74) is 4.47. The first-order valence-electron chi connectivity index (χ1n) is 13.4. The van der Waals surface area contributed by atoms with Crippen LogP contribution in [0.2, 0.25) is 0 Å². The van der Waals surface area contributed by atoms with Gasteiger partial charge >= 0.3 is 12.1 Å². The Hall–Kier alpha value is -4.01. The summed E-state index contributed by atoms with van der Waals surface area (Å²) in [6.45, 7) is 1.84. The smallest absolute Gasteiger partial charge is 0.416 e. The molecule has 2 unspecified atom stereocenters. The average molecular weight is 550 g/mol. The van der Waals surface area contributed by atoms with Crippen molar-refractivity contribution in [1.82, 2.24) is 15.3 Å². The van der Waals surface area contributed by atoms with Crippen molar-refractivity contribution >= 4 is 22.9 Å². The molecule has 6 nitrogen and oxygen atoms in total. The van der Waals surface area contributed by atoms with Crippen LogP contribution in [-0.4, -0.2) is 39.2 Å². The van der Waals surface area contributed by atoms with Gasteiger partial charge < -0.3 is 10.4 Å². The number of hydrogen-bond donors (Lipinski definition) is 2. The number of nitrogens with one attached hydrogen (secondary N) is 1. The number of fused-ring (bicyclic) bond motifs is 2. The van der Waals surface area contributed by atoms with Crippen LogP contribution in [0.1, 0.15) is 65.0 Å². The molecule has 9 heteroatoms. The molecule has 1 amide bonds. The maximum Gasteiger partial charge on any atom is 0.416 e. The first-order valence-corrected chi connectivity index (χ1v) is 13.4. The van der Waals surface area contributed by atoms with Gasteiger partial charge in [-0.15, -0.1) is 0 Å². The Bertz CT molecular complexity index is 1490. The van der Waals surface area contributed by atoms with Crippen LogP contribution in [0, 0.1) is 5.92 Å². The summed E-state index contributed by atoms with van der Waals surface area (Å²) >= 11 is 0. The third-order valence-corrected chi connectivity index (χ3v) is 7.59. The lowest BCUT2D eigenvalue weighted by molar-refractivity contribution is -0.138. The highest BCUT2D eigenvalue weighted by atomic mass is 19.4. The molecule has 2 aromatic carbocycles. The number of benzene rings is 2. The van der Waals surface area contributed by atoms with Crippen molar-refractivity contribution < 1.29 is 27.9 Å². The first-order chi connectivity index (χ1) is 19.1. The van der Waals surface area contributed by atoms with Crippen molar-refractivity contribution in [3.8, 4) is 0 Å². The molecule has 0 radical (unpaired) electrons. The monoisotopic (exact) mass is 549 g/mol. The van der Waals surface area contributed by atoms with Gasteiger partial charge in [0.25, 0.3) is 5.91 Å². The zero-order chi connectivity index (χ0) is 28.4. The minimum absolute atomic E-state index is 0.00666. The second-order valence-corrected chi connectivity index (χ2v) is 10.7. The minimum Gasteiger partial charge on any atom is -0.481 e. The van der Waals surface area contributed by atoms with Gasteiger partial charge in [0.15, 0.2) is 0 Å². The Kier molecular flexibility index (Phi) is 7.74. The molecule has 5 rings (SSSR count). The number of allylic oxidation sites excluding steroid dienone is 4. The summed E-state index contributed by atoms with van der Waals surface area (Å²) in [5, 5.41) is 12.2. The number of carboxylic acid groups (broad SMARTS) is 1. The van der Waals surface area contributed by atoms with E-state index < -0.39 is 17.7 Å². The van der Waals surface area contributed by atoms with Gasteiger partial charge in [-0.1, -0.05) is 49.4 Å². The summed E-state index contributed by atoms with van der Waals surface area (Å²) in [7, 11) is 0. The zero-order valence-electron chi connectivity index (χ0n) is 22.0. The fourth-order valence-corrected chi connectivity index (χ4v) is 5.47. The predicted octanol–water partition coefficient (Wildman–Crippen LogP) is 6.10. The van der Waals surface area contributed by atoms with Crippen LogP contribution in [-0.2, 0) is 24.1 Å². The van der Waals surface area contributed by atoms with Crippen LogP contribution in [0.4, 0.5) is 13.2 Å². The summed E-state index contributed by atoms with van der Waals surface area (Å²) < 4.78 is 39.4. The summed E-state index contributed by atoms with van der Waals surface area (Å²) in [4.78, 5) is 33.8. The fraction of sp³-hybridized carbons (Fsp3) is 0.355. The molecule has 208 valence electrons. The minimum atomic E-state index is -4.41. The normalized spacial score (nSPS) is 17.9. The van der Waals surface area contributed by atoms with Gasteiger partial charge in [-0.25, -0.2) is 9.97 Å². The Balaban J connectivity index is 1.39. The van der Waals surface area contributed by atoms with E-state index in [9.17, 15) is 22.8 Å². The number of carbonyl (C=O) groups excluding carboxylic acids is 1. The zero-order valence-corrected chi connectivity index (χ0v) is 22.0. The van der Waals surface area contributed by atoms with Crippen molar-refractivity contribution in [1.29, 1.82) is 0 Å². The Labute approximate surface area is 230 Å². The standard InChI is InChI=1S/C31H30F3N3O3/c1-18(14-28(38)39)6-12-26-29(19-7-10-23(11-8-19)31(32,33)34)37-25-13-9-22(17-27(25)36-26)30(40)35-24-15-20-4-2-3-5-21(20)16-24/h2-5,7,9-11,13,17-19,24H,6,8,12,14-16H2,1H3,(H,35,40)(H,38,39). The number of alkyl halides is 3. The van der Waals surface area contributed by atoms with Crippen LogP contribution >= 0.6 is 0 Å². The summed E-state index contributed by atoms with van der Waals surface area (Å²) in [5.74, 6) is -1.60. The molecule has 2 aliphatic rings. The van der Waals surface area contributed by atoms with Gasteiger partial charge in [0.05, 0.1) is 28.0 Å². The van der Waals surface area contributed by atoms with Crippen LogP contribution in [0.5, 0.6) is 0 Å². The summed E-state index contributed by atoms with van der Waals surface area (Å²) in [6.07, 6.45) is 1.97. The molecule has 0 fully saturated rings. The average Bonchev–Trinajstić information content (AvgIpc) is 3.32. The van der Waals surface area contributed by atoms with Gasteiger partial charge in [-0.05, 0) is 67.3 Å². The number of amides is 1. The van der Waals surface area contributed by atoms with Crippen molar-refractivity contribution in [3.05, 3.63) is 94.3 Å². The lowest BCUT2D eigenvalue weighted by Gasteiger charge is -2.20. The number of nitrogens with zero attached hydrogens (tertiary/aromatic N) is 2. The number of carbonyl (C=O) groups is 2. The number of aryl methyl sites for hydroxylation is 1. The highest BCUT2D eigenvalue weighted by Gasteiger charge is 2.33. The van der Waals surface area contributed by atoms with Crippen molar-refractivity contribution in [2.45, 2.75) is 63.6 Å². The number of halogens is 3. The van der Waals surface area contributed by atoms with E-state index in [4.69, 9.17) is 15.1 Å². The predicted molar refractivity (Wildman–Crippen MR) is 145 cm³/mol. The van der Waals surface area contributed by atoms with Crippen molar-refractivity contribution in [2.24, 2.45) is 5.92 Å². The number of carboxylic acids is 1. The molecule has 2 atom stereocenters. The van der Waals surface area contributed by atoms with Crippen LogP contribution in [0.15, 0.2) is 66.3 Å². The van der Waals surface area contributed by atoms with E-state index in [-0.39, 0.29) is 36.6 Å². The van der Waals surface area contributed by atoms with Crippen molar-refractivity contribution in [3.63, 3.8) is 0 Å². The van der Waals surface area contributed by atoms with Gasteiger partial charge in [0.1, 0.15) is 0 Å². The van der Waals surface area contributed by atoms with E-state index in [1.165, 1.54) is 23.3 Å². The lowest BCUT2D eigenvalue weighted by atomic mass is 9.90. The second-order valence-electron chi connectivity index (χ2n) is 10.7. The van der Waals surface area contributed by atoms with Gasteiger partial charge in [0, 0.05) is 23.9 Å². The topological polar surface area (TPSA) is 92.2 Å². The molecule has 2 aliphatic carbocycles. The lowest BCUT2D eigenvalue weighted by Crippen LogP contribution is -2.35. The molecule has 2 N–H and O–H groups in total. The third-order valence-electron chi connectivity index (χ3n) is 7.59. The molecule has 0 bridgehead atoms. The summed E-state index contributed by atoms with van der Waals surface area (Å²) in [6, 6.07) is 13.2. The van der Waals surface area contributed by atoms with Gasteiger partial charge in [-0.3, -0.25) is 9.59 Å². The molecule has 40 heavy (non-hydrogen) atoms. The van der Waals surface area contributed by atoms with Gasteiger partial charge in [0.2, 0.25) is 0 Å². The maximum absolute atomic E-state index is 13.1. The number of rotatable bonds is 8. The Morgan fingerprint density at radius 3 is 2.42 bits per heavy atom. The molecular formula is C31H30F3N3O3. The third kappa shape index (κ3) is 6.24. The van der Waals surface area contributed by atoms with E-state index >= 15 is 0 Å². The molecular weight excluding hydrogens is 519 g/mol. The molecule has 3 aromatic rings. The Morgan fingerprint density at radius 1 is 1.07 bits per heavy atom. The van der Waals surface area contributed by atoms with Crippen LogP contribution < -0.4 is 5.32 Å². The largest absolute Gasteiger partial charge is 0.481 e. The molecule has 0 saturated carbocycles. The van der Waals surface area contributed by atoms with Gasteiger partial charge in [-0.2, -0.15) is 13.2 Å². The van der Waals surface area contributed by atoms with E-state index in [0.717, 1.165) is 18.9 Å². The van der Waals surface area contributed by atoms with E-state index in [1.807, 2.05) is 19.1 Å². The van der Waals surface area contributed by atoms with Crippen LogP contribution in [0.25, 0.3) is 11.0 Å². The number of aliphatic carboxylic acids is 1. The fourth-order valence-electron chi connectivity index (χ4n) is 5.47.